The lowest BCUT2D eigenvalue weighted by Crippen LogP contribution is -2.51. The fraction of sp³-hybridized carbons (Fsp3) is 0.632. The van der Waals surface area contributed by atoms with Gasteiger partial charge in [0.25, 0.3) is 0 Å². The van der Waals surface area contributed by atoms with Crippen LogP contribution in [0.2, 0.25) is 0 Å². The first-order valence-electron chi connectivity index (χ1n) is 9.28. The van der Waals surface area contributed by atoms with Gasteiger partial charge in [-0.3, -0.25) is 9.69 Å². The molecule has 0 unspecified atom stereocenters. The molecule has 0 spiro atoms. The van der Waals surface area contributed by atoms with Gasteiger partial charge in [-0.25, -0.2) is 0 Å². The van der Waals surface area contributed by atoms with E-state index in [2.05, 4.69) is 50.8 Å². The lowest BCUT2D eigenvalue weighted by Gasteiger charge is -2.34. The van der Waals surface area contributed by atoms with Crippen molar-refractivity contribution in [2.75, 3.05) is 52.4 Å². The van der Waals surface area contributed by atoms with Gasteiger partial charge in [0.05, 0.1) is 5.92 Å². The molecular formula is C19H30N4O. The molecule has 1 aromatic rings. The first-order chi connectivity index (χ1) is 11.8. The van der Waals surface area contributed by atoms with Crippen LogP contribution >= 0.6 is 0 Å². The van der Waals surface area contributed by atoms with Crippen molar-refractivity contribution < 1.29 is 4.79 Å². The van der Waals surface area contributed by atoms with Gasteiger partial charge in [0.2, 0.25) is 5.91 Å². The molecule has 2 N–H and O–H groups in total. The number of unbranched alkanes of at least 4 members (excludes halogenated alkanes) is 1. The molecule has 1 aromatic carbocycles. The van der Waals surface area contributed by atoms with E-state index in [0.29, 0.717) is 0 Å². The second-order valence-corrected chi connectivity index (χ2v) is 6.96. The molecule has 3 rings (SSSR count). The number of amides is 1. The summed E-state index contributed by atoms with van der Waals surface area (Å²) in [6.45, 7) is 9.36. The van der Waals surface area contributed by atoms with Crippen LogP contribution in [0.15, 0.2) is 30.3 Å². The maximum atomic E-state index is 11.7. The molecule has 24 heavy (non-hydrogen) atoms. The molecule has 2 saturated heterocycles. The zero-order valence-electron chi connectivity index (χ0n) is 14.5. The third-order valence-electron chi connectivity index (χ3n) is 5.07. The third-order valence-corrected chi connectivity index (χ3v) is 5.07. The smallest absolute Gasteiger partial charge is 0.225 e. The van der Waals surface area contributed by atoms with Crippen LogP contribution in [0.4, 0.5) is 0 Å². The van der Waals surface area contributed by atoms with Crippen LogP contribution in [0.5, 0.6) is 0 Å². The number of carbonyl (C=O) groups is 1. The first kappa shape index (κ1) is 17.4. The summed E-state index contributed by atoms with van der Waals surface area (Å²) in [5.74, 6) is 0.436. The summed E-state index contributed by atoms with van der Waals surface area (Å²) >= 11 is 0. The van der Waals surface area contributed by atoms with Gasteiger partial charge < -0.3 is 15.5 Å². The van der Waals surface area contributed by atoms with E-state index in [1.54, 1.807) is 0 Å². The molecule has 0 aromatic heterocycles. The SMILES string of the molecule is O=C(NCCCCN1CCN(Cc2ccccc2)CC1)C1CNC1. The Kier molecular flexibility index (Phi) is 6.64. The highest BCUT2D eigenvalue weighted by Crippen LogP contribution is 2.09. The maximum Gasteiger partial charge on any atom is 0.225 e. The normalized spacial score (nSPS) is 19.8. The zero-order valence-corrected chi connectivity index (χ0v) is 14.5. The van der Waals surface area contributed by atoms with Gasteiger partial charge in [-0.15, -0.1) is 0 Å². The van der Waals surface area contributed by atoms with Crippen molar-refractivity contribution in [2.24, 2.45) is 5.92 Å². The number of hydrogen-bond donors (Lipinski definition) is 2. The highest BCUT2D eigenvalue weighted by atomic mass is 16.2. The Morgan fingerprint density at radius 1 is 1.04 bits per heavy atom. The second-order valence-electron chi connectivity index (χ2n) is 6.96. The third kappa shape index (κ3) is 5.30. The largest absolute Gasteiger partial charge is 0.356 e. The molecule has 0 atom stereocenters. The predicted octanol–water partition coefficient (Wildman–Crippen LogP) is 0.920. The Bertz CT molecular complexity index is 495. The predicted molar refractivity (Wildman–Crippen MR) is 96.8 cm³/mol. The molecule has 2 heterocycles. The summed E-state index contributed by atoms with van der Waals surface area (Å²) in [6, 6.07) is 10.7. The molecule has 5 nitrogen and oxygen atoms in total. The Balaban J connectivity index is 1.23. The van der Waals surface area contributed by atoms with E-state index < -0.39 is 0 Å². The highest BCUT2D eigenvalue weighted by molar-refractivity contribution is 5.79. The molecular weight excluding hydrogens is 300 g/mol. The van der Waals surface area contributed by atoms with Crippen LogP contribution < -0.4 is 10.6 Å². The number of carbonyl (C=O) groups excluding carboxylic acids is 1. The Morgan fingerprint density at radius 3 is 2.42 bits per heavy atom. The van der Waals surface area contributed by atoms with E-state index in [1.165, 1.54) is 12.0 Å². The van der Waals surface area contributed by atoms with Gasteiger partial charge in [0, 0.05) is 52.4 Å². The summed E-state index contributed by atoms with van der Waals surface area (Å²) in [6.07, 6.45) is 2.25. The number of rotatable bonds is 8. The van der Waals surface area contributed by atoms with Gasteiger partial charge in [-0.2, -0.15) is 0 Å². The molecule has 2 aliphatic heterocycles. The molecule has 5 heteroatoms. The molecule has 0 aliphatic carbocycles. The lowest BCUT2D eigenvalue weighted by molar-refractivity contribution is -0.126. The number of benzene rings is 1. The van der Waals surface area contributed by atoms with E-state index in [9.17, 15) is 4.79 Å². The first-order valence-corrected chi connectivity index (χ1v) is 9.28. The molecule has 0 saturated carbocycles. The highest BCUT2D eigenvalue weighted by Gasteiger charge is 2.24. The van der Waals surface area contributed by atoms with E-state index >= 15 is 0 Å². The monoisotopic (exact) mass is 330 g/mol. The van der Waals surface area contributed by atoms with Crippen LogP contribution in [0.1, 0.15) is 18.4 Å². The number of nitrogens with one attached hydrogen (secondary N) is 2. The minimum absolute atomic E-state index is 0.211. The molecule has 2 aliphatic rings. The fourth-order valence-corrected chi connectivity index (χ4v) is 3.30. The Labute approximate surface area is 145 Å². The van der Waals surface area contributed by atoms with Gasteiger partial charge >= 0.3 is 0 Å². The average molecular weight is 330 g/mol. The average Bonchev–Trinajstić information content (AvgIpc) is 2.55. The Morgan fingerprint density at radius 2 is 1.75 bits per heavy atom. The summed E-state index contributed by atoms with van der Waals surface area (Å²) in [5, 5.41) is 6.18. The van der Waals surface area contributed by atoms with Gasteiger partial charge in [-0.05, 0) is 24.9 Å². The quantitative estimate of drug-likeness (QED) is 0.696. The summed E-state index contributed by atoms with van der Waals surface area (Å²) < 4.78 is 0. The van der Waals surface area contributed by atoms with Crippen LogP contribution in [-0.4, -0.2) is 68.1 Å². The summed E-state index contributed by atoms with van der Waals surface area (Å²) in [4.78, 5) is 16.8. The maximum absolute atomic E-state index is 11.7. The Hall–Kier alpha value is -1.43. The van der Waals surface area contributed by atoms with Crippen LogP contribution in [-0.2, 0) is 11.3 Å². The lowest BCUT2D eigenvalue weighted by atomic mass is 10.0. The van der Waals surface area contributed by atoms with Crippen molar-refractivity contribution in [1.29, 1.82) is 0 Å². The van der Waals surface area contributed by atoms with Gasteiger partial charge in [-0.1, -0.05) is 30.3 Å². The molecule has 2 fully saturated rings. The molecule has 0 bridgehead atoms. The van der Waals surface area contributed by atoms with Crippen LogP contribution in [0, 0.1) is 5.92 Å². The number of piperazine rings is 1. The van der Waals surface area contributed by atoms with E-state index in [0.717, 1.165) is 65.3 Å². The number of hydrogen-bond acceptors (Lipinski definition) is 4. The van der Waals surface area contributed by atoms with Crippen molar-refractivity contribution in [1.82, 2.24) is 20.4 Å². The van der Waals surface area contributed by atoms with Gasteiger partial charge in [0.15, 0.2) is 0 Å². The van der Waals surface area contributed by atoms with Crippen LogP contribution in [0.3, 0.4) is 0 Å². The van der Waals surface area contributed by atoms with Crippen molar-refractivity contribution in [3.63, 3.8) is 0 Å². The summed E-state index contributed by atoms with van der Waals surface area (Å²) in [5.41, 5.74) is 1.41. The van der Waals surface area contributed by atoms with Crippen molar-refractivity contribution in [3.8, 4) is 0 Å². The fourth-order valence-electron chi connectivity index (χ4n) is 3.30. The number of nitrogens with zero attached hydrogens (tertiary/aromatic N) is 2. The van der Waals surface area contributed by atoms with E-state index in [4.69, 9.17) is 0 Å². The van der Waals surface area contributed by atoms with Crippen molar-refractivity contribution >= 4 is 5.91 Å². The zero-order chi connectivity index (χ0) is 16.6. The molecule has 0 radical (unpaired) electrons. The summed E-state index contributed by atoms with van der Waals surface area (Å²) in [7, 11) is 0. The minimum Gasteiger partial charge on any atom is -0.356 e. The minimum atomic E-state index is 0.211. The molecule has 1 amide bonds. The van der Waals surface area contributed by atoms with Crippen molar-refractivity contribution in [3.05, 3.63) is 35.9 Å². The second kappa shape index (κ2) is 9.16. The van der Waals surface area contributed by atoms with E-state index in [-0.39, 0.29) is 11.8 Å². The topological polar surface area (TPSA) is 47.6 Å². The van der Waals surface area contributed by atoms with Crippen LogP contribution in [0.25, 0.3) is 0 Å². The van der Waals surface area contributed by atoms with Crippen molar-refractivity contribution in [2.45, 2.75) is 19.4 Å². The molecule has 132 valence electrons. The standard InChI is InChI=1S/C19H30N4O/c24-19(18-14-20-15-18)21-8-4-5-9-22-10-12-23(13-11-22)16-17-6-2-1-3-7-17/h1-3,6-7,18,20H,4-5,8-16H2,(H,21,24). The van der Waals surface area contributed by atoms with E-state index in [1.807, 2.05) is 0 Å². The van der Waals surface area contributed by atoms with Gasteiger partial charge in [0.1, 0.15) is 0 Å².